The van der Waals surface area contributed by atoms with E-state index in [0.717, 1.165) is 62.3 Å². The van der Waals surface area contributed by atoms with Gasteiger partial charge in [0.1, 0.15) is 11.5 Å². The molecule has 1 amide bonds. The van der Waals surface area contributed by atoms with E-state index in [1.165, 1.54) is 0 Å². The number of rotatable bonds is 7. The molecule has 0 aliphatic carbocycles. The summed E-state index contributed by atoms with van der Waals surface area (Å²) in [4.78, 5) is 22.1. The van der Waals surface area contributed by atoms with Crippen molar-refractivity contribution < 1.29 is 14.3 Å². The first-order chi connectivity index (χ1) is 13.5. The summed E-state index contributed by atoms with van der Waals surface area (Å²) in [6, 6.07) is 5.83. The molecule has 28 heavy (non-hydrogen) atoms. The van der Waals surface area contributed by atoms with Gasteiger partial charge in [-0.1, -0.05) is 0 Å². The highest BCUT2D eigenvalue weighted by molar-refractivity contribution is 5.79. The first-order valence-electron chi connectivity index (χ1n) is 9.59. The van der Waals surface area contributed by atoms with Gasteiger partial charge in [-0.05, 0) is 12.1 Å². The van der Waals surface area contributed by atoms with Gasteiger partial charge >= 0.3 is 0 Å². The molecule has 1 aromatic carbocycles. The molecule has 0 saturated carbocycles. The van der Waals surface area contributed by atoms with Crippen LogP contribution in [0.15, 0.2) is 23.2 Å². The third-order valence-electron chi connectivity index (χ3n) is 5.00. The molecule has 8 nitrogen and oxygen atoms in total. The number of nitrogens with one attached hydrogen (secondary N) is 1. The lowest BCUT2D eigenvalue weighted by molar-refractivity contribution is -0.130. The van der Waals surface area contributed by atoms with Gasteiger partial charge in [0.2, 0.25) is 5.91 Å². The van der Waals surface area contributed by atoms with Gasteiger partial charge in [0.25, 0.3) is 0 Å². The van der Waals surface area contributed by atoms with Crippen LogP contribution in [0.5, 0.6) is 11.5 Å². The number of ether oxygens (including phenoxy) is 2. The van der Waals surface area contributed by atoms with Crippen LogP contribution in [0.2, 0.25) is 0 Å². The summed E-state index contributed by atoms with van der Waals surface area (Å²) in [7, 11) is 7.10. The van der Waals surface area contributed by atoms with Crippen LogP contribution in [0.4, 0.5) is 0 Å². The van der Waals surface area contributed by atoms with Crippen LogP contribution in [-0.4, -0.2) is 94.1 Å². The number of hydrogen-bond donors (Lipinski definition) is 1. The minimum atomic E-state index is 0.161. The van der Waals surface area contributed by atoms with Crippen LogP contribution >= 0.6 is 0 Å². The third kappa shape index (κ3) is 6.02. The smallest absolute Gasteiger partial charge is 0.219 e. The predicted octanol–water partition coefficient (Wildman–Crippen LogP) is 0.875. The highest BCUT2D eigenvalue weighted by Crippen LogP contribution is 2.25. The van der Waals surface area contributed by atoms with Crippen LogP contribution in [0.1, 0.15) is 12.5 Å². The zero-order chi connectivity index (χ0) is 20.5. The topological polar surface area (TPSA) is 69.6 Å². The van der Waals surface area contributed by atoms with Gasteiger partial charge < -0.3 is 24.6 Å². The molecule has 1 heterocycles. The van der Waals surface area contributed by atoms with Gasteiger partial charge in [0, 0.05) is 78.5 Å². The molecule has 8 heteroatoms. The van der Waals surface area contributed by atoms with Crippen molar-refractivity contribution in [1.29, 1.82) is 0 Å². The molecule has 1 aliphatic rings. The Balaban J connectivity index is 1.82. The number of nitrogens with zero attached hydrogens (tertiary/aromatic N) is 4. The first-order valence-corrected chi connectivity index (χ1v) is 9.59. The molecule has 1 aromatic rings. The van der Waals surface area contributed by atoms with E-state index in [-0.39, 0.29) is 5.91 Å². The van der Waals surface area contributed by atoms with Crippen LogP contribution in [-0.2, 0) is 11.3 Å². The lowest BCUT2D eigenvalue weighted by Crippen LogP contribution is -2.50. The Labute approximate surface area is 168 Å². The van der Waals surface area contributed by atoms with Gasteiger partial charge in [-0.3, -0.25) is 14.7 Å². The quantitative estimate of drug-likeness (QED) is 0.550. The second kappa shape index (κ2) is 10.8. The molecule has 0 radical (unpaired) electrons. The summed E-state index contributed by atoms with van der Waals surface area (Å²) in [5.41, 5.74) is 1.06. The van der Waals surface area contributed by atoms with Crippen LogP contribution in [0.25, 0.3) is 0 Å². The maximum atomic E-state index is 11.4. The van der Waals surface area contributed by atoms with Crippen molar-refractivity contribution in [1.82, 2.24) is 20.0 Å². The second-order valence-electron chi connectivity index (χ2n) is 6.86. The Morgan fingerprint density at radius 2 is 1.93 bits per heavy atom. The van der Waals surface area contributed by atoms with E-state index in [0.29, 0.717) is 6.54 Å². The number of piperazine rings is 1. The first kappa shape index (κ1) is 21.8. The fourth-order valence-corrected chi connectivity index (χ4v) is 3.31. The van der Waals surface area contributed by atoms with Crippen molar-refractivity contribution in [2.45, 2.75) is 13.5 Å². The lowest BCUT2D eigenvalue weighted by atomic mass is 10.2. The Bertz CT molecular complexity index is 672. The maximum Gasteiger partial charge on any atom is 0.219 e. The average Bonchev–Trinajstić information content (AvgIpc) is 2.71. The van der Waals surface area contributed by atoms with E-state index in [1.54, 1.807) is 28.2 Å². The van der Waals surface area contributed by atoms with Crippen LogP contribution in [0.3, 0.4) is 0 Å². The number of guanidine groups is 1. The Morgan fingerprint density at radius 1 is 1.21 bits per heavy atom. The molecule has 156 valence electrons. The molecule has 0 unspecified atom stereocenters. The molecular weight excluding hydrogens is 358 g/mol. The van der Waals surface area contributed by atoms with Gasteiger partial charge in [0.15, 0.2) is 5.96 Å². The van der Waals surface area contributed by atoms with Crippen molar-refractivity contribution >= 4 is 11.9 Å². The molecule has 1 fully saturated rings. The highest BCUT2D eigenvalue weighted by atomic mass is 16.5. The highest BCUT2D eigenvalue weighted by Gasteiger charge is 2.18. The SMILES string of the molecule is CN=C(NCCN1CCN(C(C)=O)CC1)N(C)Cc1ccc(OC)cc1OC. The molecular formula is C20H33N5O3. The summed E-state index contributed by atoms with van der Waals surface area (Å²) >= 11 is 0. The normalized spacial score (nSPS) is 15.3. The van der Waals surface area contributed by atoms with E-state index in [9.17, 15) is 4.79 Å². The van der Waals surface area contributed by atoms with Crippen molar-refractivity contribution in [2.24, 2.45) is 4.99 Å². The van der Waals surface area contributed by atoms with E-state index in [4.69, 9.17) is 9.47 Å². The minimum Gasteiger partial charge on any atom is -0.497 e. The van der Waals surface area contributed by atoms with Gasteiger partial charge in [-0.2, -0.15) is 0 Å². The van der Waals surface area contributed by atoms with Crippen molar-refractivity contribution in [3.05, 3.63) is 23.8 Å². The summed E-state index contributed by atoms with van der Waals surface area (Å²) in [5, 5.41) is 3.42. The number of methoxy groups -OCH3 is 2. The number of amides is 1. The number of benzene rings is 1. The number of hydrogen-bond acceptors (Lipinski definition) is 5. The van der Waals surface area contributed by atoms with Crippen molar-refractivity contribution in [2.75, 3.05) is 67.6 Å². The minimum absolute atomic E-state index is 0.161. The molecule has 0 atom stereocenters. The van der Waals surface area contributed by atoms with Crippen molar-refractivity contribution in [3.63, 3.8) is 0 Å². The fraction of sp³-hybridized carbons (Fsp3) is 0.600. The standard InChI is InChI=1S/C20H33N5O3/c1-16(26)25-12-10-24(11-13-25)9-8-22-20(21-2)23(3)15-17-6-7-18(27-4)14-19(17)28-5/h6-7,14H,8-13,15H2,1-5H3,(H,21,22). The van der Waals surface area contributed by atoms with E-state index in [2.05, 4.69) is 20.1 Å². The number of aliphatic imine (C=N–C) groups is 1. The summed E-state index contributed by atoms with van der Waals surface area (Å²) in [6.45, 7) is 7.47. The number of carbonyl (C=O) groups excluding carboxylic acids is 1. The maximum absolute atomic E-state index is 11.4. The second-order valence-corrected chi connectivity index (χ2v) is 6.86. The van der Waals surface area contributed by atoms with Gasteiger partial charge in [0.05, 0.1) is 14.2 Å². The molecule has 0 bridgehead atoms. The molecule has 0 spiro atoms. The fourth-order valence-electron chi connectivity index (χ4n) is 3.31. The zero-order valence-corrected chi connectivity index (χ0v) is 17.7. The molecule has 1 aliphatic heterocycles. The van der Waals surface area contributed by atoms with Crippen LogP contribution < -0.4 is 14.8 Å². The van der Waals surface area contributed by atoms with Gasteiger partial charge in [-0.25, -0.2) is 0 Å². The number of carbonyl (C=O) groups is 1. The molecule has 1 N–H and O–H groups in total. The van der Waals surface area contributed by atoms with Crippen molar-refractivity contribution in [3.8, 4) is 11.5 Å². The molecule has 0 aromatic heterocycles. The van der Waals surface area contributed by atoms with E-state index >= 15 is 0 Å². The lowest BCUT2D eigenvalue weighted by Gasteiger charge is -2.34. The summed E-state index contributed by atoms with van der Waals surface area (Å²) in [6.07, 6.45) is 0. The molecule has 1 saturated heterocycles. The molecule has 2 rings (SSSR count). The Kier molecular flexibility index (Phi) is 8.38. The third-order valence-corrected chi connectivity index (χ3v) is 5.00. The Hall–Kier alpha value is -2.48. The monoisotopic (exact) mass is 391 g/mol. The average molecular weight is 392 g/mol. The summed E-state index contributed by atoms with van der Waals surface area (Å²) in [5.74, 6) is 2.56. The van der Waals surface area contributed by atoms with E-state index < -0.39 is 0 Å². The van der Waals surface area contributed by atoms with Crippen LogP contribution in [0, 0.1) is 0 Å². The summed E-state index contributed by atoms with van der Waals surface area (Å²) < 4.78 is 10.7. The zero-order valence-electron chi connectivity index (χ0n) is 17.7. The van der Waals surface area contributed by atoms with Gasteiger partial charge in [-0.15, -0.1) is 0 Å². The Morgan fingerprint density at radius 3 is 2.50 bits per heavy atom. The predicted molar refractivity (Wildman–Crippen MR) is 111 cm³/mol. The largest absolute Gasteiger partial charge is 0.497 e. The van der Waals surface area contributed by atoms with E-state index in [1.807, 2.05) is 30.1 Å².